The van der Waals surface area contributed by atoms with Crippen molar-refractivity contribution in [2.24, 2.45) is 0 Å². The number of aldehydes is 1. The van der Waals surface area contributed by atoms with Crippen LogP contribution in [-0.4, -0.2) is 32.8 Å². The third-order valence-corrected chi connectivity index (χ3v) is 5.68. The Morgan fingerprint density at radius 3 is 2.31 bits per heavy atom. The Kier molecular flexibility index (Phi) is 7.25. The highest BCUT2D eigenvalue weighted by molar-refractivity contribution is 7.89. The lowest BCUT2D eigenvalue weighted by Crippen LogP contribution is -2.55. The Hall–Kier alpha value is -3.03. The number of carbonyl (C=O) groups is 2. The summed E-state index contributed by atoms with van der Waals surface area (Å²) in [6, 6.07) is 15.0. The van der Waals surface area contributed by atoms with Crippen LogP contribution < -0.4 is 4.72 Å². The van der Waals surface area contributed by atoms with E-state index in [-0.39, 0.29) is 17.1 Å². The van der Waals surface area contributed by atoms with Gasteiger partial charge >= 0.3 is 5.97 Å². The zero-order valence-electron chi connectivity index (χ0n) is 16.3. The van der Waals surface area contributed by atoms with Crippen LogP contribution in [0.3, 0.4) is 0 Å². The number of carbonyl (C=O) groups excluding carboxylic acids is 2. The molecule has 0 unspecified atom stereocenters. The average molecular weight is 413 g/mol. The van der Waals surface area contributed by atoms with Crippen molar-refractivity contribution in [3.8, 4) is 0 Å². The van der Waals surface area contributed by atoms with Gasteiger partial charge in [-0.1, -0.05) is 60.7 Å². The average Bonchev–Trinajstić information content (AvgIpc) is 2.71. The SMILES string of the molecule is C=C(C=O)[C@](/C=C/c1ccccc1)(NS(=O)(=O)c1ccc(C)cc1)C(=O)OCC. The molecule has 0 radical (unpaired) electrons. The van der Waals surface area contributed by atoms with E-state index < -0.39 is 21.5 Å². The van der Waals surface area contributed by atoms with E-state index in [1.807, 2.05) is 13.0 Å². The molecule has 0 saturated heterocycles. The predicted molar refractivity (Wildman–Crippen MR) is 112 cm³/mol. The number of hydrogen-bond acceptors (Lipinski definition) is 5. The molecule has 6 nitrogen and oxygen atoms in total. The number of sulfonamides is 1. The van der Waals surface area contributed by atoms with Crippen LogP contribution in [0.4, 0.5) is 0 Å². The van der Waals surface area contributed by atoms with Crippen LogP contribution in [0.2, 0.25) is 0 Å². The zero-order valence-corrected chi connectivity index (χ0v) is 17.1. The van der Waals surface area contributed by atoms with Gasteiger partial charge in [0, 0.05) is 5.57 Å². The van der Waals surface area contributed by atoms with Gasteiger partial charge in [-0.25, -0.2) is 13.2 Å². The number of ether oxygens (including phenoxy) is 1. The summed E-state index contributed by atoms with van der Waals surface area (Å²) in [4.78, 5) is 24.3. The Balaban J connectivity index is 2.59. The molecule has 0 spiro atoms. The van der Waals surface area contributed by atoms with Gasteiger partial charge in [0.2, 0.25) is 10.0 Å². The molecule has 0 fully saturated rings. The summed E-state index contributed by atoms with van der Waals surface area (Å²) in [7, 11) is -4.18. The summed E-state index contributed by atoms with van der Waals surface area (Å²) in [6.07, 6.45) is 3.15. The van der Waals surface area contributed by atoms with E-state index in [9.17, 15) is 18.0 Å². The first-order valence-electron chi connectivity index (χ1n) is 8.92. The monoisotopic (exact) mass is 413 g/mol. The quantitative estimate of drug-likeness (QED) is 0.388. The molecule has 0 bridgehead atoms. The molecular formula is C22H23NO5S. The summed E-state index contributed by atoms with van der Waals surface area (Å²) in [5.74, 6) is -0.944. The number of benzene rings is 2. The molecule has 7 heteroatoms. The fourth-order valence-corrected chi connectivity index (χ4v) is 3.88. The number of esters is 1. The lowest BCUT2D eigenvalue weighted by atomic mass is 9.91. The maximum absolute atomic E-state index is 13.0. The van der Waals surface area contributed by atoms with Crippen molar-refractivity contribution in [2.75, 3.05) is 6.61 Å². The fourth-order valence-electron chi connectivity index (χ4n) is 2.56. The standard InChI is InChI=1S/C22H23NO5S/c1-4-28-21(25)22(18(3)16-24,15-14-19-8-6-5-7-9-19)23-29(26,27)20-12-10-17(2)11-13-20/h5-16,23H,3-4H2,1-2H3/b15-14+/t22-/m0/s1. The predicted octanol–water partition coefficient (Wildman–Crippen LogP) is 3.04. The van der Waals surface area contributed by atoms with Gasteiger partial charge in [0.05, 0.1) is 11.5 Å². The normalized spacial score (nSPS) is 13.6. The first kappa shape index (κ1) is 22.3. The first-order valence-corrected chi connectivity index (χ1v) is 10.4. The van der Waals surface area contributed by atoms with Crippen molar-refractivity contribution in [2.45, 2.75) is 24.3 Å². The highest BCUT2D eigenvalue weighted by atomic mass is 32.2. The van der Waals surface area contributed by atoms with Crippen molar-refractivity contribution >= 4 is 28.4 Å². The smallest absolute Gasteiger partial charge is 0.336 e. The van der Waals surface area contributed by atoms with Gasteiger partial charge in [-0.15, -0.1) is 0 Å². The zero-order chi connectivity index (χ0) is 21.5. The van der Waals surface area contributed by atoms with Gasteiger partial charge in [-0.3, -0.25) is 4.79 Å². The highest BCUT2D eigenvalue weighted by Gasteiger charge is 2.44. The van der Waals surface area contributed by atoms with Crippen LogP contribution in [-0.2, 0) is 24.3 Å². The topological polar surface area (TPSA) is 89.5 Å². The van der Waals surface area contributed by atoms with Gasteiger partial charge in [0.15, 0.2) is 5.54 Å². The second-order valence-electron chi connectivity index (χ2n) is 6.33. The van der Waals surface area contributed by atoms with Gasteiger partial charge in [-0.2, -0.15) is 4.72 Å². The van der Waals surface area contributed by atoms with Crippen LogP contribution in [0.15, 0.2) is 77.7 Å². The molecule has 0 amide bonds. The molecule has 152 valence electrons. The van der Waals surface area contributed by atoms with Crippen LogP contribution in [0.5, 0.6) is 0 Å². The molecule has 29 heavy (non-hydrogen) atoms. The third-order valence-electron chi connectivity index (χ3n) is 4.20. The van der Waals surface area contributed by atoms with E-state index in [0.717, 1.165) is 5.56 Å². The van der Waals surface area contributed by atoms with Gasteiger partial charge < -0.3 is 4.74 Å². The molecule has 1 N–H and O–H groups in total. The van der Waals surface area contributed by atoms with E-state index in [2.05, 4.69) is 11.3 Å². The molecule has 0 aliphatic heterocycles. The summed E-state index contributed by atoms with van der Waals surface area (Å²) < 4.78 is 33.4. The third kappa shape index (κ3) is 5.28. The van der Waals surface area contributed by atoms with Crippen LogP contribution in [0.1, 0.15) is 18.1 Å². The van der Waals surface area contributed by atoms with Gasteiger partial charge in [-0.05, 0) is 37.6 Å². The summed E-state index contributed by atoms with van der Waals surface area (Å²) in [5.41, 5.74) is -0.799. The second-order valence-corrected chi connectivity index (χ2v) is 8.02. The maximum atomic E-state index is 13.0. The first-order chi connectivity index (χ1) is 13.7. The van der Waals surface area contributed by atoms with E-state index >= 15 is 0 Å². The van der Waals surface area contributed by atoms with E-state index in [4.69, 9.17) is 4.74 Å². The largest absolute Gasteiger partial charge is 0.464 e. The molecule has 0 aromatic heterocycles. The molecule has 0 heterocycles. The van der Waals surface area contributed by atoms with E-state index in [1.165, 1.54) is 24.3 Å². The van der Waals surface area contributed by atoms with Crippen molar-refractivity contribution in [3.63, 3.8) is 0 Å². The summed E-state index contributed by atoms with van der Waals surface area (Å²) >= 11 is 0. The molecule has 1 atom stereocenters. The minimum absolute atomic E-state index is 0.00183. The molecule has 2 aromatic carbocycles. The number of rotatable bonds is 9. The van der Waals surface area contributed by atoms with Crippen molar-refractivity contribution in [1.82, 2.24) is 4.72 Å². The van der Waals surface area contributed by atoms with Crippen molar-refractivity contribution in [1.29, 1.82) is 0 Å². The Labute approximate surface area is 171 Å². The Bertz CT molecular complexity index is 1010. The minimum atomic E-state index is -4.18. The minimum Gasteiger partial charge on any atom is -0.464 e. The van der Waals surface area contributed by atoms with Crippen LogP contribution in [0, 0.1) is 6.92 Å². The molecule has 0 saturated carbocycles. The fraction of sp³-hybridized carbons (Fsp3) is 0.182. The highest BCUT2D eigenvalue weighted by Crippen LogP contribution is 2.24. The summed E-state index contributed by atoms with van der Waals surface area (Å²) in [6.45, 7) is 7.01. The molecule has 0 aliphatic rings. The Morgan fingerprint density at radius 2 is 1.76 bits per heavy atom. The van der Waals surface area contributed by atoms with Crippen LogP contribution >= 0.6 is 0 Å². The van der Waals surface area contributed by atoms with Gasteiger partial charge in [0.1, 0.15) is 6.29 Å². The Morgan fingerprint density at radius 1 is 1.14 bits per heavy atom. The molecule has 0 aliphatic carbocycles. The summed E-state index contributed by atoms with van der Waals surface area (Å²) in [5, 5.41) is 0. The van der Waals surface area contributed by atoms with E-state index in [1.54, 1.807) is 43.3 Å². The van der Waals surface area contributed by atoms with Crippen molar-refractivity contribution < 1.29 is 22.7 Å². The lowest BCUT2D eigenvalue weighted by molar-refractivity contribution is -0.147. The van der Waals surface area contributed by atoms with E-state index in [0.29, 0.717) is 11.8 Å². The van der Waals surface area contributed by atoms with Gasteiger partial charge in [0.25, 0.3) is 0 Å². The number of nitrogens with one attached hydrogen (secondary N) is 1. The second kappa shape index (κ2) is 9.45. The molecule has 2 aromatic rings. The lowest BCUT2D eigenvalue weighted by Gasteiger charge is -2.29. The maximum Gasteiger partial charge on any atom is 0.336 e. The molecule has 2 rings (SSSR count). The van der Waals surface area contributed by atoms with Crippen LogP contribution in [0.25, 0.3) is 6.08 Å². The molecular weight excluding hydrogens is 390 g/mol. The van der Waals surface area contributed by atoms with Crippen molar-refractivity contribution in [3.05, 3.63) is 84.0 Å². The number of hydrogen-bond donors (Lipinski definition) is 1. The number of aryl methyl sites for hydroxylation is 1.